The Labute approximate surface area is 207 Å². The van der Waals surface area contributed by atoms with Crippen LogP contribution in [0.4, 0.5) is 0 Å². The zero-order valence-corrected chi connectivity index (χ0v) is 21.2. The third-order valence-corrected chi connectivity index (χ3v) is 6.64. The van der Waals surface area contributed by atoms with Crippen molar-refractivity contribution in [3.8, 4) is 0 Å². The van der Waals surface area contributed by atoms with Crippen molar-refractivity contribution >= 4 is 23.5 Å². The van der Waals surface area contributed by atoms with E-state index in [4.69, 9.17) is 0 Å². The molecule has 3 rings (SSSR count). The first-order valence-corrected chi connectivity index (χ1v) is 13.3. The molecule has 1 heterocycles. The number of carbonyl (C=O) groups excluding carboxylic acids is 2. The number of thioether (sulfide) groups is 1. The van der Waals surface area contributed by atoms with Crippen molar-refractivity contribution in [2.75, 3.05) is 12.3 Å². The minimum absolute atomic E-state index is 0.111. The topological polar surface area (TPSA) is 76.9 Å². The summed E-state index contributed by atoms with van der Waals surface area (Å²) in [5.41, 5.74) is 2.05. The lowest BCUT2D eigenvalue weighted by molar-refractivity contribution is -0.121. The Morgan fingerprint density at radius 2 is 1.91 bits per heavy atom. The van der Waals surface area contributed by atoms with Crippen LogP contribution < -0.4 is 5.32 Å². The molecule has 1 aliphatic carbocycles. The molecule has 1 aromatic carbocycles. The van der Waals surface area contributed by atoms with Crippen LogP contribution in [-0.2, 0) is 29.0 Å². The standard InChI is InChI=1S/C27H36N4O2S/c1-21(2)19-28-26(33)16-10-9-15-25-29-30-27(31(25)18-17-22-11-5-3-6-12-22)34-20-24(32)23-13-7-4-8-14-23/h3,5-7,11-14,21H,4,8-10,15-20H2,1-2H3,(H,28,33). The first-order valence-electron chi connectivity index (χ1n) is 12.3. The molecule has 182 valence electrons. The van der Waals surface area contributed by atoms with Crippen molar-refractivity contribution in [2.24, 2.45) is 5.92 Å². The molecule has 0 radical (unpaired) electrons. The molecule has 1 N–H and O–H groups in total. The van der Waals surface area contributed by atoms with Gasteiger partial charge in [0.05, 0.1) is 5.75 Å². The third-order valence-electron chi connectivity index (χ3n) is 5.67. The van der Waals surface area contributed by atoms with Crippen LogP contribution in [0.3, 0.4) is 0 Å². The van der Waals surface area contributed by atoms with Gasteiger partial charge in [-0.25, -0.2) is 0 Å². The summed E-state index contributed by atoms with van der Waals surface area (Å²) in [6.07, 6.45) is 11.8. The SMILES string of the molecule is CC(C)CNC(=O)CCCCc1nnc(SCC(=O)C2=CCCC=C2)n1CCc1ccccc1. The number of nitrogens with one attached hydrogen (secondary N) is 1. The number of benzene rings is 1. The largest absolute Gasteiger partial charge is 0.356 e. The number of rotatable bonds is 14. The molecule has 34 heavy (non-hydrogen) atoms. The number of aryl methyl sites for hydroxylation is 2. The van der Waals surface area contributed by atoms with Crippen molar-refractivity contribution in [1.29, 1.82) is 0 Å². The third kappa shape index (κ3) is 8.60. The second-order valence-corrected chi connectivity index (χ2v) is 9.98. The molecular formula is C27H36N4O2S. The zero-order chi connectivity index (χ0) is 24.2. The number of Topliss-reactive ketones (excluding diaryl/α,β-unsaturated/α-hetero) is 1. The maximum absolute atomic E-state index is 12.6. The van der Waals surface area contributed by atoms with Gasteiger partial charge in [0.15, 0.2) is 10.9 Å². The van der Waals surface area contributed by atoms with Gasteiger partial charge in [0.2, 0.25) is 5.91 Å². The molecule has 0 unspecified atom stereocenters. The van der Waals surface area contributed by atoms with E-state index < -0.39 is 0 Å². The minimum Gasteiger partial charge on any atom is -0.356 e. The second-order valence-electron chi connectivity index (χ2n) is 9.04. The van der Waals surface area contributed by atoms with Gasteiger partial charge in [0.25, 0.3) is 0 Å². The summed E-state index contributed by atoms with van der Waals surface area (Å²) >= 11 is 1.46. The van der Waals surface area contributed by atoms with E-state index in [1.54, 1.807) is 0 Å². The Morgan fingerprint density at radius 1 is 1.09 bits per heavy atom. The van der Waals surface area contributed by atoms with Crippen molar-refractivity contribution in [3.63, 3.8) is 0 Å². The Balaban J connectivity index is 1.58. The molecule has 0 saturated carbocycles. The number of allylic oxidation sites excluding steroid dienone is 4. The highest BCUT2D eigenvalue weighted by molar-refractivity contribution is 7.99. The lowest BCUT2D eigenvalue weighted by Crippen LogP contribution is -2.26. The highest BCUT2D eigenvalue weighted by atomic mass is 32.2. The average Bonchev–Trinajstić information content (AvgIpc) is 3.25. The molecule has 2 aromatic rings. The number of amides is 1. The van der Waals surface area contributed by atoms with E-state index >= 15 is 0 Å². The highest BCUT2D eigenvalue weighted by Gasteiger charge is 2.16. The van der Waals surface area contributed by atoms with Crippen LogP contribution in [-0.4, -0.2) is 38.8 Å². The van der Waals surface area contributed by atoms with Crippen LogP contribution >= 0.6 is 11.8 Å². The lowest BCUT2D eigenvalue weighted by atomic mass is 10.0. The number of carbonyl (C=O) groups is 2. The fraction of sp³-hybridized carbons (Fsp3) is 0.481. The molecule has 0 atom stereocenters. The zero-order valence-electron chi connectivity index (χ0n) is 20.3. The smallest absolute Gasteiger partial charge is 0.220 e. The van der Waals surface area contributed by atoms with Crippen LogP contribution in [0.5, 0.6) is 0 Å². The number of hydrogen-bond donors (Lipinski definition) is 1. The van der Waals surface area contributed by atoms with Gasteiger partial charge in [-0.1, -0.05) is 74.2 Å². The summed E-state index contributed by atoms with van der Waals surface area (Å²) in [5.74, 6) is 1.98. The Hall–Kier alpha value is -2.67. The predicted octanol–water partition coefficient (Wildman–Crippen LogP) is 4.94. The molecule has 7 heteroatoms. The number of unbranched alkanes of at least 4 members (excludes halogenated alkanes) is 1. The first kappa shape index (κ1) is 25.9. The van der Waals surface area contributed by atoms with Gasteiger partial charge in [-0.3, -0.25) is 9.59 Å². The maximum Gasteiger partial charge on any atom is 0.220 e. The summed E-state index contributed by atoms with van der Waals surface area (Å²) in [4.78, 5) is 24.6. The van der Waals surface area contributed by atoms with E-state index in [9.17, 15) is 9.59 Å². The van der Waals surface area contributed by atoms with E-state index in [-0.39, 0.29) is 11.7 Å². The molecular weight excluding hydrogens is 444 g/mol. The summed E-state index contributed by atoms with van der Waals surface area (Å²) in [6, 6.07) is 10.4. The number of hydrogen-bond acceptors (Lipinski definition) is 5. The molecule has 0 bridgehead atoms. The summed E-state index contributed by atoms with van der Waals surface area (Å²) < 4.78 is 2.15. The summed E-state index contributed by atoms with van der Waals surface area (Å²) in [5, 5.41) is 12.6. The fourth-order valence-electron chi connectivity index (χ4n) is 3.73. The molecule has 0 saturated heterocycles. The quantitative estimate of drug-likeness (QED) is 0.306. The number of aromatic nitrogens is 3. The second kappa shape index (κ2) is 13.9. The minimum atomic E-state index is 0.111. The number of ketones is 1. The van der Waals surface area contributed by atoms with Crippen LogP contribution in [0.15, 0.2) is 59.3 Å². The Morgan fingerprint density at radius 3 is 2.65 bits per heavy atom. The van der Waals surface area contributed by atoms with Gasteiger partial charge in [0, 0.05) is 31.5 Å². The van der Waals surface area contributed by atoms with E-state index in [0.29, 0.717) is 18.1 Å². The van der Waals surface area contributed by atoms with Gasteiger partial charge >= 0.3 is 0 Å². The molecule has 1 aliphatic rings. The predicted molar refractivity (Wildman–Crippen MR) is 138 cm³/mol. The highest BCUT2D eigenvalue weighted by Crippen LogP contribution is 2.22. The van der Waals surface area contributed by atoms with Gasteiger partial charge < -0.3 is 9.88 Å². The fourth-order valence-corrected chi connectivity index (χ4v) is 4.61. The Bertz CT molecular complexity index is 995. The van der Waals surface area contributed by atoms with E-state index in [0.717, 1.165) is 68.2 Å². The molecule has 0 spiro atoms. The summed E-state index contributed by atoms with van der Waals surface area (Å²) in [6.45, 7) is 5.67. The lowest BCUT2D eigenvalue weighted by Gasteiger charge is -2.11. The van der Waals surface area contributed by atoms with Gasteiger partial charge in [-0.05, 0) is 43.6 Å². The number of nitrogens with zero attached hydrogens (tertiary/aromatic N) is 3. The van der Waals surface area contributed by atoms with Gasteiger partial charge in [-0.2, -0.15) is 0 Å². The normalized spacial score (nSPS) is 13.2. The van der Waals surface area contributed by atoms with Crippen LogP contribution in [0, 0.1) is 5.92 Å². The van der Waals surface area contributed by atoms with Gasteiger partial charge in [-0.15, -0.1) is 10.2 Å². The molecule has 1 aromatic heterocycles. The molecule has 0 fully saturated rings. The van der Waals surface area contributed by atoms with Crippen LogP contribution in [0.2, 0.25) is 0 Å². The molecule has 1 amide bonds. The van der Waals surface area contributed by atoms with Crippen molar-refractivity contribution in [1.82, 2.24) is 20.1 Å². The monoisotopic (exact) mass is 480 g/mol. The first-order chi connectivity index (χ1) is 16.5. The van der Waals surface area contributed by atoms with E-state index in [1.165, 1.54) is 17.3 Å². The van der Waals surface area contributed by atoms with Gasteiger partial charge in [0.1, 0.15) is 5.82 Å². The van der Waals surface area contributed by atoms with E-state index in [1.807, 2.05) is 30.4 Å². The Kier molecular flexibility index (Phi) is 10.6. The van der Waals surface area contributed by atoms with Crippen LogP contribution in [0.1, 0.15) is 57.3 Å². The average molecular weight is 481 g/mol. The van der Waals surface area contributed by atoms with Crippen molar-refractivity contribution in [3.05, 3.63) is 65.5 Å². The molecule has 6 nitrogen and oxygen atoms in total. The van der Waals surface area contributed by atoms with Crippen LogP contribution in [0.25, 0.3) is 0 Å². The van der Waals surface area contributed by atoms with Crippen molar-refractivity contribution < 1.29 is 9.59 Å². The van der Waals surface area contributed by atoms with E-state index in [2.05, 4.69) is 52.1 Å². The van der Waals surface area contributed by atoms with Crippen molar-refractivity contribution in [2.45, 2.75) is 70.5 Å². The summed E-state index contributed by atoms with van der Waals surface area (Å²) in [7, 11) is 0. The maximum atomic E-state index is 12.6. The molecule has 0 aliphatic heterocycles.